The highest BCUT2D eigenvalue weighted by Gasteiger charge is 2.23. The lowest BCUT2D eigenvalue weighted by Crippen LogP contribution is -2.10. The molecular formula is C35H39NO2. The summed E-state index contributed by atoms with van der Waals surface area (Å²) in [5, 5.41) is 0. The average Bonchev–Trinajstić information content (AvgIpc) is 3.78. The molecule has 196 valence electrons. The van der Waals surface area contributed by atoms with Crippen molar-refractivity contribution < 1.29 is 9.47 Å². The van der Waals surface area contributed by atoms with Gasteiger partial charge in [-0.25, -0.2) is 0 Å². The van der Waals surface area contributed by atoms with Gasteiger partial charge in [-0.05, 0) is 98.2 Å². The minimum Gasteiger partial charge on any atom is -0.491 e. The lowest BCUT2D eigenvalue weighted by atomic mass is 9.84. The van der Waals surface area contributed by atoms with Gasteiger partial charge in [0.1, 0.15) is 18.5 Å². The van der Waals surface area contributed by atoms with Crippen LogP contribution < -0.4 is 9.64 Å². The summed E-state index contributed by atoms with van der Waals surface area (Å²) in [5.74, 6) is 1.90. The van der Waals surface area contributed by atoms with Crippen molar-refractivity contribution in [3.8, 4) is 5.75 Å². The smallest absolute Gasteiger partial charge is 0.119 e. The molecule has 0 saturated carbocycles. The molecule has 0 aliphatic carbocycles. The molecule has 4 aromatic carbocycles. The molecule has 1 aliphatic rings. The van der Waals surface area contributed by atoms with Crippen molar-refractivity contribution in [1.29, 1.82) is 0 Å². The number of nitrogens with zero attached hydrogens (tertiary/aromatic N) is 1. The maximum atomic E-state index is 5.83. The fourth-order valence-electron chi connectivity index (χ4n) is 5.08. The highest BCUT2D eigenvalue weighted by molar-refractivity contribution is 5.76. The van der Waals surface area contributed by atoms with Gasteiger partial charge in [0.05, 0.1) is 6.61 Å². The molecule has 0 spiro atoms. The van der Waals surface area contributed by atoms with Gasteiger partial charge in [-0.2, -0.15) is 0 Å². The molecule has 0 amide bonds. The summed E-state index contributed by atoms with van der Waals surface area (Å²) in [6.07, 6.45) is 2.52. The van der Waals surface area contributed by atoms with Gasteiger partial charge in [0.2, 0.25) is 0 Å². The number of aryl methyl sites for hydroxylation is 2. The molecule has 0 aromatic heterocycles. The minimum absolute atomic E-state index is 0.283. The molecule has 4 aromatic rings. The molecule has 1 heterocycles. The third-order valence-electron chi connectivity index (χ3n) is 7.63. The zero-order chi connectivity index (χ0) is 26.5. The van der Waals surface area contributed by atoms with Gasteiger partial charge in [-0.1, -0.05) is 73.5 Å². The maximum Gasteiger partial charge on any atom is 0.119 e. The summed E-state index contributed by atoms with van der Waals surface area (Å²) in [6, 6.07) is 35.3. The highest BCUT2D eigenvalue weighted by atomic mass is 16.6. The zero-order valence-electron chi connectivity index (χ0n) is 23.1. The van der Waals surface area contributed by atoms with E-state index in [0.29, 0.717) is 18.4 Å². The van der Waals surface area contributed by atoms with Crippen LogP contribution in [0.5, 0.6) is 5.75 Å². The van der Waals surface area contributed by atoms with Crippen LogP contribution in [0.3, 0.4) is 0 Å². The van der Waals surface area contributed by atoms with Crippen molar-refractivity contribution in [2.75, 3.05) is 18.1 Å². The quantitative estimate of drug-likeness (QED) is 0.190. The van der Waals surface area contributed by atoms with Crippen molar-refractivity contribution in [3.63, 3.8) is 0 Å². The van der Waals surface area contributed by atoms with E-state index in [1.165, 1.54) is 39.3 Å². The molecule has 3 atom stereocenters. The number of anilines is 3. The van der Waals surface area contributed by atoms with Crippen LogP contribution in [-0.4, -0.2) is 19.3 Å². The second kappa shape index (κ2) is 11.9. The Morgan fingerprint density at radius 2 is 1.21 bits per heavy atom. The van der Waals surface area contributed by atoms with E-state index >= 15 is 0 Å². The predicted molar refractivity (Wildman–Crippen MR) is 158 cm³/mol. The van der Waals surface area contributed by atoms with E-state index in [2.05, 4.69) is 130 Å². The second-order valence-electron chi connectivity index (χ2n) is 10.7. The first kappa shape index (κ1) is 26.1. The van der Waals surface area contributed by atoms with Crippen molar-refractivity contribution in [3.05, 3.63) is 119 Å². The van der Waals surface area contributed by atoms with Crippen molar-refractivity contribution in [2.45, 2.75) is 58.5 Å². The van der Waals surface area contributed by atoms with Gasteiger partial charge in [-0.15, -0.1) is 0 Å². The van der Waals surface area contributed by atoms with Gasteiger partial charge in [0, 0.05) is 17.1 Å². The SMILES string of the molecule is CCC(CC(C)c1ccc(N(c2ccc(C)cc2)c2ccc(C)cc2)cc1)c1ccc(OCC2CO2)cc1. The molecule has 0 bridgehead atoms. The Kier molecular flexibility index (Phi) is 8.14. The third-order valence-corrected chi connectivity index (χ3v) is 7.63. The maximum absolute atomic E-state index is 5.83. The standard InChI is InChI=1S/C35H39NO2/c1-5-28(30-12-20-34(21-13-30)37-23-35-24-38-35)22-27(4)29-10-18-33(19-11-29)36(31-14-6-25(2)7-15-31)32-16-8-26(3)9-17-32/h6-21,27-28,35H,5,22-24H2,1-4H3. The van der Waals surface area contributed by atoms with Crippen molar-refractivity contribution in [2.24, 2.45) is 0 Å². The minimum atomic E-state index is 0.283. The summed E-state index contributed by atoms with van der Waals surface area (Å²) in [4.78, 5) is 2.33. The molecular weight excluding hydrogens is 466 g/mol. The van der Waals surface area contributed by atoms with Crippen molar-refractivity contribution in [1.82, 2.24) is 0 Å². The molecule has 0 radical (unpaired) electrons. The van der Waals surface area contributed by atoms with Crippen LogP contribution >= 0.6 is 0 Å². The Bertz CT molecular complexity index is 1240. The van der Waals surface area contributed by atoms with Crippen LogP contribution in [0.25, 0.3) is 0 Å². The summed E-state index contributed by atoms with van der Waals surface area (Å²) < 4.78 is 11.1. The van der Waals surface area contributed by atoms with Gasteiger partial charge >= 0.3 is 0 Å². The first-order valence-corrected chi connectivity index (χ1v) is 13.9. The first-order valence-electron chi connectivity index (χ1n) is 13.9. The predicted octanol–water partition coefficient (Wildman–Crippen LogP) is 9.24. The normalized spacial score (nSPS) is 16.1. The Morgan fingerprint density at radius 1 is 0.737 bits per heavy atom. The summed E-state index contributed by atoms with van der Waals surface area (Å²) in [5.41, 5.74) is 8.81. The van der Waals surface area contributed by atoms with Crippen LogP contribution in [0, 0.1) is 13.8 Å². The number of hydrogen-bond acceptors (Lipinski definition) is 3. The topological polar surface area (TPSA) is 25.0 Å². The Morgan fingerprint density at radius 3 is 1.68 bits per heavy atom. The average molecular weight is 506 g/mol. The number of ether oxygens (including phenoxy) is 2. The van der Waals surface area contributed by atoms with E-state index in [4.69, 9.17) is 9.47 Å². The number of hydrogen-bond donors (Lipinski definition) is 0. The van der Waals surface area contributed by atoms with E-state index in [1.54, 1.807) is 0 Å². The van der Waals surface area contributed by atoms with E-state index in [0.717, 1.165) is 25.2 Å². The lowest BCUT2D eigenvalue weighted by Gasteiger charge is -2.26. The summed E-state index contributed by atoms with van der Waals surface area (Å²) >= 11 is 0. The van der Waals surface area contributed by atoms with Crippen LogP contribution in [0.15, 0.2) is 97.1 Å². The van der Waals surface area contributed by atoms with Gasteiger partial charge in [0.15, 0.2) is 0 Å². The second-order valence-corrected chi connectivity index (χ2v) is 10.7. The summed E-state index contributed by atoms with van der Waals surface area (Å²) in [7, 11) is 0. The molecule has 0 N–H and O–H groups in total. The third kappa shape index (κ3) is 6.46. The van der Waals surface area contributed by atoms with Gasteiger partial charge in [-0.3, -0.25) is 0 Å². The van der Waals surface area contributed by atoms with Crippen molar-refractivity contribution >= 4 is 17.1 Å². The van der Waals surface area contributed by atoms with Crippen LogP contribution in [0.1, 0.15) is 60.8 Å². The Hall–Kier alpha value is -3.56. The summed E-state index contributed by atoms with van der Waals surface area (Å²) in [6.45, 7) is 10.4. The lowest BCUT2D eigenvalue weighted by molar-refractivity contribution is 0.263. The highest BCUT2D eigenvalue weighted by Crippen LogP contribution is 2.37. The van der Waals surface area contributed by atoms with E-state index in [-0.39, 0.29) is 6.10 Å². The van der Waals surface area contributed by atoms with E-state index in [9.17, 15) is 0 Å². The molecule has 1 fully saturated rings. The molecule has 5 rings (SSSR count). The van der Waals surface area contributed by atoms with Gasteiger partial charge in [0.25, 0.3) is 0 Å². The Balaban J connectivity index is 1.30. The largest absolute Gasteiger partial charge is 0.491 e. The zero-order valence-corrected chi connectivity index (χ0v) is 23.1. The fourth-order valence-corrected chi connectivity index (χ4v) is 5.08. The molecule has 3 nitrogen and oxygen atoms in total. The molecule has 3 unspecified atom stereocenters. The van der Waals surface area contributed by atoms with Crippen LogP contribution in [0.4, 0.5) is 17.1 Å². The number of rotatable bonds is 11. The fraction of sp³-hybridized carbons (Fsp3) is 0.314. The van der Waals surface area contributed by atoms with E-state index < -0.39 is 0 Å². The van der Waals surface area contributed by atoms with Crippen LogP contribution in [0.2, 0.25) is 0 Å². The van der Waals surface area contributed by atoms with E-state index in [1.807, 2.05) is 0 Å². The monoisotopic (exact) mass is 505 g/mol. The Labute approximate surface area is 228 Å². The number of benzene rings is 4. The first-order chi connectivity index (χ1) is 18.5. The molecule has 1 saturated heterocycles. The molecule has 1 aliphatic heterocycles. The van der Waals surface area contributed by atoms with Gasteiger partial charge < -0.3 is 14.4 Å². The number of epoxide rings is 1. The molecule has 3 heteroatoms. The van der Waals surface area contributed by atoms with Crippen LogP contribution in [-0.2, 0) is 4.74 Å². The molecule has 38 heavy (non-hydrogen) atoms.